The van der Waals surface area contributed by atoms with Crippen LogP contribution in [0.4, 0.5) is 0 Å². The van der Waals surface area contributed by atoms with Gasteiger partial charge in [0.05, 0.1) is 17.6 Å². The molecule has 112 valence electrons. The lowest BCUT2D eigenvalue weighted by atomic mass is 10.1. The van der Waals surface area contributed by atoms with E-state index in [1.54, 1.807) is 0 Å². The molecule has 5 heteroatoms. The van der Waals surface area contributed by atoms with Crippen LogP contribution in [0.15, 0.2) is 24.3 Å². The van der Waals surface area contributed by atoms with Crippen LogP contribution in [-0.4, -0.2) is 32.1 Å². The third-order valence-electron chi connectivity index (χ3n) is 3.47. The van der Waals surface area contributed by atoms with Crippen molar-refractivity contribution < 1.29 is 13.2 Å². The van der Waals surface area contributed by atoms with E-state index in [4.69, 9.17) is 4.74 Å². The molecule has 0 spiro atoms. The third-order valence-corrected chi connectivity index (χ3v) is 5.19. The Morgan fingerprint density at radius 3 is 2.55 bits per heavy atom. The van der Waals surface area contributed by atoms with Crippen LogP contribution in [0.2, 0.25) is 0 Å². The molecule has 1 aliphatic rings. The minimum absolute atomic E-state index is 0.149. The maximum absolute atomic E-state index is 11.4. The lowest BCUT2D eigenvalue weighted by molar-refractivity contribution is 0.239. The molecule has 4 nitrogen and oxygen atoms in total. The Labute approximate surface area is 121 Å². The second-order valence-electron chi connectivity index (χ2n) is 5.58. The zero-order valence-corrected chi connectivity index (χ0v) is 12.9. The van der Waals surface area contributed by atoms with Gasteiger partial charge in [0.1, 0.15) is 15.6 Å². The molecule has 0 aliphatic carbocycles. The van der Waals surface area contributed by atoms with Crippen LogP contribution in [0.25, 0.3) is 0 Å². The summed E-state index contributed by atoms with van der Waals surface area (Å²) in [4.78, 5) is 0. The van der Waals surface area contributed by atoms with Crippen molar-refractivity contribution in [2.45, 2.75) is 45.4 Å². The molecule has 1 aromatic rings. The van der Waals surface area contributed by atoms with Gasteiger partial charge >= 0.3 is 0 Å². The summed E-state index contributed by atoms with van der Waals surface area (Å²) in [5.74, 6) is 1.50. The third kappa shape index (κ3) is 4.49. The van der Waals surface area contributed by atoms with E-state index < -0.39 is 9.84 Å². The summed E-state index contributed by atoms with van der Waals surface area (Å²) < 4.78 is 28.6. The second-order valence-corrected chi connectivity index (χ2v) is 7.88. The van der Waals surface area contributed by atoms with Gasteiger partial charge in [-0.25, -0.2) is 8.42 Å². The van der Waals surface area contributed by atoms with E-state index in [-0.39, 0.29) is 12.1 Å². The Morgan fingerprint density at radius 1 is 1.25 bits per heavy atom. The van der Waals surface area contributed by atoms with Gasteiger partial charge in [0.2, 0.25) is 0 Å². The zero-order valence-electron chi connectivity index (χ0n) is 12.1. The van der Waals surface area contributed by atoms with E-state index in [9.17, 15) is 8.42 Å². The van der Waals surface area contributed by atoms with Crippen LogP contribution in [0, 0.1) is 0 Å². The van der Waals surface area contributed by atoms with E-state index in [1.165, 1.54) is 0 Å². The van der Waals surface area contributed by atoms with Crippen LogP contribution < -0.4 is 10.1 Å². The van der Waals surface area contributed by atoms with E-state index in [1.807, 2.05) is 38.1 Å². The topological polar surface area (TPSA) is 55.4 Å². The fourth-order valence-corrected chi connectivity index (χ4v) is 3.86. The number of benzene rings is 1. The molecule has 0 atom stereocenters. The first-order valence-electron chi connectivity index (χ1n) is 7.14. The summed E-state index contributed by atoms with van der Waals surface area (Å²) in [5.41, 5.74) is 1.12. The normalized spacial score (nSPS) is 19.1. The largest absolute Gasteiger partial charge is 0.491 e. The van der Waals surface area contributed by atoms with Crippen molar-refractivity contribution in [3.63, 3.8) is 0 Å². The molecule has 0 aromatic heterocycles. The van der Waals surface area contributed by atoms with E-state index in [2.05, 4.69) is 5.32 Å². The van der Waals surface area contributed by atoms with Gasteiger partial charge in [-0.05, 0) is 32.8 Å². The van der Waals surface area contributed by atoms with Gasteiger partial charge in [-0.3, -0.25) is 0 Å². The minimum Gasteiger partial charge on any atom is -0.491 e. The average Bonchev–Trinajstić information content (AvgIpc) is 2.38. The number of hydrogen-bond acceptors (Lipinski definition) is 4. The maximum Gasteiger partial charge on any atom is 0.150 e. The second kappa shape index (κ2) is 6.59. The van der Waals surface area contributed by atoms with Gasteiger partial charge in [0.25, 0.3) is 0 Å². The van der Waals surface area contributed by atoms with Gasteiger partial charge in [0.15, 0.2) is 0 Å². The Kier molecular flexibility index (Phi) is 5.05. The summed E-state index contributed by atoms with van der Waals surface area (Å²) in [7, 11) is -2.79. The monoisotopic (exact) mass is 297 g/mol. The standard InChI is InChI=1S/C15H23NO3S/c1-12(2)19-15-6-4-3-5-13(15)11-16-14-7-9-20(17,18)10-8-14/h3-6,12,14,16H,7-11H2,1-2H3. The first-order valence-corrected chi connectivity index (χ1v) is 8.97. The highest BCUT2D eigenvalue weighted by Crippen LogP contribution is 2.20. The molecule has 0 amide bonds. The van der Waals surface area contributed by atoms with E-state index in [0.29, 0.717) is 30.9 Å². The molecule has 20 heavy (non-hydrogen) atoms. The molecule has 1 aliphatic heterocycles. The van der Waals surface area contributed by atoms with Crippen molar-refractivity contribution in [1.82, 2.24) is 5.32 Å². The molecule has 1 heterocycles. The predicted molar refractivity (Wildman–Crippen MR) is 80.7 cm³/mol. The minimum atomic E-state index is -2.79. The molecule has 1 saturated heterocycles. The molecule has 0 unspecified atom stereocenters. The van der Waals surface area contributed by atoms with Crippen molar-refractivity contribution in [2.24, 2.45) is 0 Å². The van der Waals surface area contributed by atoms with Gasteiger partial charge in [-0.2, -0.15) is 0 Å². The average molecular weight is 297 g/mol. The first kappa shape index (κ1) is 15.3. The lowest BCUT2D eigenvalue weighted by Crippen LogP contribution is -2.37. The van der Waals surface area contributed by atoms with E-state index >= 15 is 0 Å². The smallest absolute Gasteiger partial charge is 0.150 e. The number of rotatable bonds is 5. The van der Waals surface area contributed by atoms with Crippen molar-refractivity contribution in [2.75, 3.05) is 11.5 Å². The van der Waals surface area contributed by atoms with Gasteiger partial charge in [-0.15, -0.1) is 0 Å². The predicted octanol–water partition coefficient (Wildman–Crippen LogP) is 2.14. The summed E-state index contributed by atoms with van der Waals surface area (Å²) in [6.07, 6.45) is 1.56. The van der Waals surface area contributed by atoms with Crippen molar-refractivity contribution >= 4 is 9.84 Å². The number of nitrogens with one attached hydrogen (secondary N) is 1. The summed E-state index contributed by atoms with van der Waals surface area (Å²) >= 11 is 0. The first-order chi connectivity index (χ1) is 9.46. The Balaban J connectivity index is 1.91. The molecule has 1 N–H and O–H groups in total. The fourth-order valence-electron chi connectivity index (χ4n) is 2.37. The fraction of sp³-hybridized carbons (Fsp3) is 0.600. The molecule has 0 saturated carbocycles. The molecule has 1 fully saturated rings. The van der Waals surface area contributed by atoms with Crippen molar-refractivity contribution in [3.05, 3.63) is 29.8 Å². The van der Waals surface area contributed by atoms with Crippen LogP contribution in [-0.2, 0) is 16.4 Å². The molecule has 2 rings (SSSR count). The van der Waals surface area contributed by atoms with Gasteiger partial charge in [0, 0.05) is 18.2 Å². The van der Waals surface area contributed by atoms with Gasteiger partial charge in [-0.1, -0.05) is 18.2 Å². The number of ether oxygens (including phenoxy) is 1. The Bertz CT molecular complexity index is 526. The van der Waals surface area contributed by atoms with Crippen LogP contribution in [0.5, 0.6) is 5.75 Å². The zero-order chi connectivity index (χ0) is 14.6. The number of hydrogen-bond donors (Lipinski definition) is 1. The summed E-state index contributed by atoms with van der Waals surface area (Å²) in [6.45, 7) is 4.74. The van der Waals surface area contributed by atoms with Crippen LogP contribution in [0.3, 0.4) is 0 Å². The Morgan fingerprint density at radius 2 is 1.90 bits per heavy atom. The maximum atomic E-state index is 11.4. The Hall–Kier alpha value is -1.07. The van der Waals surface area contributed by atoms with E-state index in [0.717, 1.165) is 11.3 Å². The van der Waals surface area contributed by atoms with Crippen LogP contribution >= 0.6 is 0 Å². The number of sulfone groups is 1. The highest BCUT2D eigenvalue weighted by molar-refractivity contribution is 7.91. The summed E-state index contributed by atoms with van der Waals surface area (Å²) in [5, 5.41) is 3.44. The number of para-hydroxylation sites is 1. The van der Waals surface area contributed by atoms with Crippen molar-refractivity contribution in [3.8, 4) is 5.75 Å². The molecule has 0 radical (unpaired) electrons. The molecule has 1 aromatic carbocycles. The van der Waals surface area contributed by atoms with Crippen LogP contribution in [0.1, 0.15) is 32.3 Å². The highest BCUT2D eigenvalue weighted by atomic mass is 32.2. The lowest BCUT2D eigenvalue weighted by Gasteiger charge is -2.24. The quantitative estimate of drug-likeness (QED) is 0.904. The van der Waals surface area contributed by atoms with Gasteiger partial charge < -0.3 is 10.1 Å². The molecular weight excluding hydrogens is 274 g/mol. The SMILES string of the molecule is CC(C)Oc1ccccc1CNC1CCS(=O)(=O)CC1. The molecular formula is C15H23NO3S. The summed E-state index contributed by atoms with van der Waals surface area (Å²) in [6, 6.07) is 8.27. The molecule has 0 bridgehead atoms. The highest BCUT2D eigenvalue weighted by Gasteiger charge is 2.23. The van der Waals surface area contributed by atoms with Crippen molar-refractivity contribution in [1.29, 1.82) is 0 Å².